The summed E-state index contributed by atoms with van der Waals surface area (Å²) in [6, 6.07) is 3.99. The van der Waals surface area contributed by atoms with Crippen molar-refractivity contribution in [2.45, 2.75) is 26.4 Å². The van der Waals surface area contributed by atoms with Gasteiger partial charge in [0.2, 0.25) is 0 Å². The molecule has 3 N–H and O–H groups in total. The van der Waals surface area contributed by atoms with Crippen molar-refractivity contribution >= 4 is 0 Å². The van der Waals surface area contributed by atoms with Gasteiger partial charge >= 0.3 is 0 Å². The summed E-state index contributed by atoms with van der Waals surface area (Å²) in [6.07, 6.45) is 0. The monoisotopic (exact) mass is 252 g/mol. The van der Waals surface area contributed by atoms with Gasteiger partial charge in [-0.15, -0.1) is 0 Å². The van der Waals surface area contributed by atoms with Crippen LogP contribution in [0.3, 0.4) is 0 Å². The van der Waals surface area contributed by atoms with Gasteiger partial charge in [0, 0.05) is 24.7 Å². The van der Waals surface area contributed by atoms with Crippen LogP contribution in [0.4, 0.5) is 0 Å². The summed E-state index contributed by atoms with van der Waals surface area (Å²) in [6.45, 7) is 5.58. The Labute approximate surface area is 109 Å². The molecule has 18 heavy (non-hydrogen) atoms. The van der Waals surface area contributed by atoms with Crippen LogP contribution in [0.2, 0.25) is 0 Å². The van der Waals surface area contributed by atoms with Crippen LogP contribution in [0.15, 0.2) is 12.1 Å². The average Bonchev–Trinajstić information content (AvgIpc) is 2.31. The van der Waals surface area contributed by atoms with E-state index in [1.54, 1.807) is 7.11 Å². The van der Waals surface area contributed by atoms with E-state index in [1.165, 1.54) is 16.7 Å². The lowest BCUT2D eigenvalue weighted by molar-refractivity contribution is 0.217. The summed E-state index contributed by atoms with van der Waals surface area (Å²) in [4.78, 5) is 2.10. The molecule has 0 bridgehead atoms. The molecule has 0 radical (unpaired) electrons. The summed E-state index contributed by atoms with van der Waals surface area (Å²) >= 11 is 0. The number of benzene rings is 1. The molecule has 4 nitrogen and oxygen atoms in total. The van der Waals surface area contributed by atoms with Gasteiger partial charge in [-0.1, -0.05) is 6.07 Å². The molecule has 1 rings (SSSR count). The van der Waals surface area contributed by atoms with Crippen molar-refractivity contribution in [2.75, 3.05) is 27.3 Å². The molecule has 4 heteroatoms. The van der Waals surface area contributed by atoms with Crippen molar-refractivity contribution in [1.82, 2.24) is 4.90 Å². The number of aryl methyl sites for hydroxylation is 2. The van der Waals surface area contributed by atoms with Crippen molar-refractivity contribution < 1.29 is 9.84 Å². The first kappa shape index (κ1) is 15.0. The Hall–Kier alpha value is -1.10. The van der Waals surface area contributed by atoms with E-state index in [0.29, 0.717) is 6.54 Å². The smallest absolute Gasteiger partial charge is 0.123 e. The number of methoxy groups -OCH3 is 1. The zero-order valence-electron chi connectivity index (χ0n) is 11.7. The summed E-state index contributed by atoms with van der Waals surface area (Å²) in [5, 5.41) is 8.97. The number of nitrogens with two attached hydrogens (primary N) is 1. The number of aliphatic hydroxyl groups excluding tert-OH is 1. The largest absolute Gasteiger partial charge is 0.496 e. The van der Waals surface area contributed by atoms with Gasteiger partial charge in [0.15, 0.2) is 0 Å². The van der Waals surface area contributed by atoms with Gasteiger partial charge in [-0.05, 0) is 38.1 Å². The molecular formula is C14H24N2O2. The lowest BCUT2D eigenvalue weighted by Crippen LogP contribution is -2.37. The number of hydrogen-bond donors (Lipinski definition) is 2. The van der Waals surface area contributed by atoms with Gasteiger partial charge in [-0.3, -0.25) is 0 Å². The Kier molecular flexibility index (Phi) is 5.59. The molecule has 0 aliphatic heterocycles. The average molecular weight is 252 g/mol. The minimum Gasteiger partial charge on any atom is -0.496 e. The Morgan fingerprint density at radius 3 is 2.61 bits per heavy atom. The molecule has 0 saturated heterocycles. The molecule has 0 aromatic heterocycles. The fourth-order valence-electron chi connectivity index (χ4n) is 2.14. The van der Waals surface area contributed by atoms with Crippen molar-refractivity contribution in [3.63, 3.8) is 0 Å². The number of hydrogen-bond acceptors (Lipinski definition) is 4. The number of likely N-dealkylation sites (N-methyl/N-ethyl adjacent to an activating group) is 1. The molecule has 1 aromatic rings. The van der Waals surface area contributed by atoms with Crippen molar-refractivity contribution in [3.05, 3.63) is 28.8 Å². The van der Waals surface area contributed by atoms with Gasteiger partial charge in [0.25, 0.3) is 0 Å². The SMILES string of the molecule is COc1cc(C)cc(C)c1CN(C)CC(N)CO. The molecule has 1 atom stereocenters. The first-order chi connectivity index (χ1) is 8.47. The lowest BCUT2D eigenvalue weighted by atomic mass is 10.0. The van der Waals surface area contributed by atoms with Crippen LogP contribution in [0.1, 0.15) is 16.7 Å². The zero-order chi connectivity index (χ0) is 13.7. The van der Waals surface area contributed by atoms with Gasteiger partial charge in [0.1, 0.15) is 5.75 Å². The van der Waals surface area contributed by atoms with E-state index in [0.717, 1.165) is 12.3 Å². The molecule has 0 saturated carbocycles. The maximum atomic E-state index is 8.97. The summed E-state index contributed by atoms with van der Waals surface area (Å²) in [5.74, 6) is 0.914. The van der Waals surface area contributed by atoms with Crippen LogP contribution in [-0.4, -0.2) is 43.4 Å². The van der Waals surface area contributed by atoms with Gasteiger partial charge in [-0.25, -0.2) is 0 Å². The molecule has 102 valence electrons. The van der Waals surface area contributed by atoms with E-state index in [9.17, 15) is 0 Å². The molecular weight excluding hydrogens is 228 g/mol. The second-order valence-corrected chi connectivity index (χ2v) is 4.90. The first-order valence-corrected chi connectivity index (χ1v) is 6.17. The van der Waals surface area contributed by atoms with E-state index in [4.69, 9.17) is 15.6 Å². The predicted molar refractivity (Wildman–Crippen MR) is 73.9 cm³/mol. The molecule has 0 fully saturated rings. The van der Waals surface area contributed by atoms with Crippen LogP contribution in [0.5, 0.6) is 5.75 Å². The standard InChI is InChI=1S/C14H24N2O2/c1-10-5-11(2)13(14(6-10)18-4)8-16(3)7-12(15)9-17/h5-6,12,17H,7-9,15H2,1-4H3. The maximum Gasteiger partial charge on any atom is 0.123 e. The fourth-order valence-corrected chi connectivity index (χ4v) is 2.14. The Bertz CT molecular complexity index is 394. The van der Waals surface area contributed by atoms with Crippen LogP contribution in [-0.2, 0) is 6.54 Å². The highest BCUT2D eigenvalue weighted by Crippen LogP contribution is 2.25. The highest BCUT2D eigenvalue weighted by atomic mass is 16.5. The normalized spacial score (nSPS) is 12.8. The first-order valence-electron chi connectivity index (χ1n) is 6.17. The Balaban J connectivity index is 2.83. The van der Waals surface area contributed by atoms with Crippen LogP contribution < -0.4 is 10.5 Å². The zero-order valence-corrected chi connectivity index (χ0v) is 11.7. The summed E-state index contributed by atoms with van der Waals surface area (Å²) in [5.41, 5.74) is 9.33. The number of rotatable bonds is 6. The van der Waals surface area contributed by atoms with Crippen molar-refractivity contribution in [2.24, 2.45) is 5.73 Å². The van der Waals surface area contributed by atoms with Gasteiger partial charge in [-0.2, -0.15) is 0 Å². The number of aliphatic hydroxyl groups is 1. The molecule has 0 aliphatic carbocycles. The molecule has 0 amide bonds. The molecule has 0 heterocycles. The summed E-state index contributed by atoms with van der Waals surface area (Å²) in [7, 11) is 3.69. The van der Waals surface area contributed by atoms with Gasteiger partial charge in [0.05, 0.1) is 13.7 Å². The highest BCUT2D eigenvalue weighted by Gasteiger charge is 2.12. The predicted octanol–water partition coefficient (Wildman–Crippen LogP) is 1.06. The molecule has 1 unspecified atom stereocenters. The second kappa shape index (κ2) is 6.73. The molecule has 1 aromatic carbocycles. The Morgan fingerprint density at radius 1 is 1.39 bits per heavy atom. The topological polar surface area (TPSA) is 58.7 Å². The van der Waals surface area contributed by atoms with E-state index in [1.807, 2.05) is 13.1 Å². The van der Waals surface area contributed by atoms with Crippen LogP contribution in [0.25, 0.3) is 0 Å². The number of ether oxygens (including phenoxy) is 1. The van der Waals surface area contributed by atoms with Crippen LogP contribution >= 0.6 is 0 Å². The van der Waals surface area contributed by atoms with Gasteiger partial charge < -0.3 is 20.5 Å². The van der Waals surface area contributed by atoms with Crippen molar-refractivity contribution in [1.29, 1.82) is 0 Å². The third kappa shape index (κ3) is 3.98. The number of nitrogens with zero attached hydrogens (tertiary/aromatic N) is 1. The fraction of sp³-hybridized carbons (Fsp3) is 0.571. The third-order valence-corrected chi connectivity index (χ3v) is 3.01. The molecule has 0 spiro atoms. The van der Waals surface area contributed by atoms with E-state index in [-0.39, 0.29) is 12.6 Å². The van der Waals surface area contributed by atoms with E-state index in [2.05, 4.69) is 24.8 Å². The second-order valence-electron chi connectivity index (χ2n) is 4.90. The minimum absolute atomic E-state index is 0.00829. The lowest BCUT2D eigenvalue weighted by Gasteiger charge is -2.22. The maximum absolute atomic E-state index is 8.97. The Morgan fingerprint density at radius 2 is 2.06 bits per heavy atom. The quantitative estimate of drug-likeness (QED) is 0.795. The highest BCUT2D eigenvalue weighted by molar-refractivity contribution is 5.42. The minimum atomic E-state index is -0.202. The van der Waals surface area contributed by atoms with Crippen molar-refractivity contribution in [3.8, 4) is 5.75 Å². The van der Waals surface area contributed by atoms with E-state index >= 15 is 0 Å². The summed E-state index contributed by atoms with van der Waals surface area (Å²) < 4.78 is 5.43. The molecule has 0 aliphatic rings. The third-order valence-electron chi connectivity index (χ3n) is 3.01. The van der Waals surface area contributed by atoms with Crippen LogP contribution in [0, 0.1) is 13.8 Å². The van der Waals surface area contributed by atoms with E-state index < -0.39 is 0 Å².